The van der Waals surface area contributed by atoms with Crippen LogP contribution in [0.25, 0.3) is 0 Å². The first-order valence-corrected chi connectivity index (χ1v) is 47.5. The summed E-state index contributed by atoms with van der Waals surface area (Å²) in [4.78, 5) is 0. The number of aliphatic hydroxyl groups excluding tert-OH is 1. The van der Waals surface area contributed by atoms with Crippen LogP contribution < -0.4 is 4.74 Å². The van der Waals surface area contributed by atoms with E-state index in [2.05, 4.69) is 440 Å². The van der Waals surface area contributed by atoms with Crippen LogP contribution in [0, 0.1) is 82.0 Å². The molecule has 0 radical (unpaired) electrons. The third-order valence-corrected chi connectivity index (χ3v) is 23.2. The number of halogens is 4. The Morgan fingerprint density at radius 2 is 0.543 bits per heavy atom. The smallest absolute Gasteiger partial charge is 0.126 e. The fourth-order valence-corrected chi connectivity index (χ4v) is 14.2. The summed E-state index contributed by atoms with van der Waals surface area (Å²) in [6.07, 6.45) is 0. The summed E-state index contributed by atoms with van der Waals surface area (Å²) < 4.78 is 18.5. The van der Waals surface area contributed by atoms with E-state index in [4.69, 9.17) is 39.5 Å². The highest BCUT2D eigenvalue weighted by Crippen LogP contribution is 2.35. The fraction of sp³-hybridized carbons (Fsp3) is 0.463. The molecule has 0 aromatic heterocycles. The highest BCUT2D eigenvalue weighted by molar-refractivity contribution is 6.32. The highest BCUT2D eigenvalue weighted by Gasteiger charge is 2.24. The Hall–Kier alpha value is -8.02. The van der Waals surface area contributed by atoms with Crippen molar-refractivity contribution in [2.75, 3.05) is 7.11 Å². The molecule has 2 nitrogen and oxygen atoms in total. The van der Waals surface area contributed by atoms with Crippen molar-refractivity contribution in [1.29, 1.82) is 0 Å². The van der Waals surface area contributed by atoms with Crippen molar-refractivity contribution in [2.45, 2.75) is 371 Å². The molecule has 0 saturated carbocycles. The second-order valence-electron chi connectivity index (χ2n) is 46.4. The maximum atomic E-state index is 13.3. The van der Waals surface area contributed by atoms with E-state index in [1.165, 1.54) is 112 Å². The van der Waals surface area contributed by atoms with Gasteiger partial charge in [0.1, 0.15) is 11.6 Å². The Morgan fingerprint density at radius 3 is 0.876 bits per heavy atom. The summed E-state index contributed by atoms with van der Waals surface area (Å²) in [5.41, 5.74) is 31.5. The Bertz CT molecular complexity index is 4910. The van der Waals surface area contributed by atoms with E-state index < -0.39 is 0 Å². The van der Waals surface area contributed by atoms with E-state index >= 15 is 0 Å². The molecule has 0 aliphatic heterocycles. The molecule has 129 heavy (non-hydrogen) atoms. The molecule has 6 heteroatoms. The lowest BCUT2D eigenvalue weighted by atomic mass is 9.83. The van der Waals surface area contributed by atoms with E-state index in [9.17, 15) is 9.50 Å². The zero-order chi connectivity index (χ0) is 100.0. The zero-order valence-corrected chi connectivity index (χ0v) is 91.8. The van der Waals surface area contributed by atoms with Gasteiger partial charge < -0.3 is 9.84 Å². The first kappa shape index (κ1) is 119. The number of benzene rings is 11. The van der Waals surface area contributed by atoms with Crippen molar-refractivity contribution in [1.82, 2.24) is 0 Å². The molecule has 0 bridgehead atoms. The van der Waals surface area contributed by atoms with Gasteiger partial charge in [0, 0.05) is 15.1 Å². The summed E-state index contributed by atoms with van der Waals surface area (Å²) in [6, 6.07) is 79.7. The molecule has 0 saturated heterocycles. The number of rotatable bonds is 2. The van der Waals surface area contributed by atoms with E-state index in [0.29, 0.717) is 0 Å². The number of methoxy groups -OCH3 is 1. The monoisotopic (exact) mass is 1810 g/mol. The topological polar surface area (TPSA) is 29.5 Å². The maximum absolute atomic E-state index is 13.3. The second-order valence-corrected chi connectivity index (χ2v) is 47.6. The van der Waals surface area contributed by atoms with Crippen LogP contribution in [0.4, 0.5) is 4.39 Å². The Morgan fingerprint density at radius 1 is 0.225 bits per heavy atom. The molecular weight excluding hydrogens is 1630 g/mol. The van der Waals surface area contributed by atoms with Gasteiger partial charge >= 0.3 is 0 Å². The van der Waals surface area contributed by atoms with Gasteiger partial charge in [0.25, 0.3) is 0 Å². The van der Waals surface area contributed by atoms with Gasteiger partial charge in [-0.15, -0.1) is 0 Å². The molecule has 0 atom stereocenters. The van der Waals surface area contributed by atoms with Crippen LogP contribution in [0.1, 0.15) is 356 Å². The van der Waals surface area contributed by atoms with Gasteiger partial charge in [-0.05, 0) is 261 Å². The molecule has 0 heterocycles. The summed E-state index contributed by atoms with van der Waals surface area (Å²) in [7, 11) is 1.72. The summed E-state index contributed by atoms with van der Waals surface area (Å²) >= 11 is 18.1. The van der Waals surface area contributed by atoms with Crippen LogP contribution in [0.2, 0.25) is 15.1 Å². The summed E-state index contributed by atoms with van der Waals surface area (Å²) in [5, 5.41) is 11.8. The summed E-state index contributed by atoms with van der Waals surface area (Å²) in [6.45, 7) is 95.6. The molecule has 708 valence electrons. The van der Waals surface area contributed by atoms with Crippen molar-refractivity contribution < 1.29 is 14.2 Å². The van der Waals surface area contributed by atoms with Gasteiger partial charge in [0.15, 0.2) is 0 Å². The van der Waals surface area contributed by atoms with E-state index in [-0.39, 0.29) is 72.0 Å². The minimum Gasteiger partial charge on any atom is -0.496 e. The first-order chi connectivity index (χ1) is 58.6. The number of hydrogen-bond acceptors (Lipinski definition) is 2. The second kappa shape index (κ2) is 51.3. The SMILES string of the molecule is CC(C)(C)c1ccccc1Cl.COc1cc(C(C)(C)C)ccc1C.Cc1ccc(C(C)(C)C)cc1.Cc1ccc(C(C)(C)C)cc1.Cc1ccc(C(C)(C)C)cc1C.Cc1ccc(C(C)(C)C)cc1Cl.Cc1ccc(CO)c(C(C)(C)C)c1.Cc1ccc(Cl)c(C(C)(C)C)c1.Cc1ccc(F)c(C(C)(C)C)c1.Cc1cccc(C(C)(C)C)c1.Cc1ccccc1C(C)(C)C. The molecule has 0 aliphatic rings. The van der Waals surface area contributed by atoms with E-state index in [0.717, 1.165) is 43.1 Å². The number of aliphatic hydroxyl groups is 1. The quantitative estimate of drug-likeness (QED) is 0.187. The maximum Gasteiger partial charge on any atom is 0.126 e. The van der Waals surface area contributed by atoms with Gasteiger partial charge in [-0.3, -0.25) is 0 Å². The predicted molar refractivity (Wildman–Crippen MR) is 576 cm³/mol. The number of aryl methyl sites for hydroxylation is 11. The minimum atomic E-state index is -0.104. The lowest BCUT2D eigenvalue weighted by Gasteiger charge is -2.22. The minimum absolute atomic E-state index is 0.101. The molecule has 0 unspecified atom stereocenters. The Balaban J connectivity index is 0.000000710. The normalized spacial score (nSPS) is 11.7. The lowest BCUT2D eigenvalue weighted by molar-refractivity contribution is 0.278. The van der Waals surface area contributed by atoms with Crippen LogP contribution in [-0.2, 0) is 66.2 Å². The molecule has 0 fully saturated rings. The van der Waals surface area contributed by atoms with Crippen LogP contribution in [0.15, 0.2) is 231 Å². The van der Waals surface area contributed by atoms with Crippen molar-refractivity contribution in [2.24, 2.45) is 0 Å². The third-order valence-electron chi connectivity index (χ3n) is 22.1. The Labute approximate surface area is 806 Å². The summed E-state index contributed by atoms with van der Waals surface area (Å²) in [5.74, 6) is 0.875. The third kappa shape index (κ3) is 45.3. The molecule has 11 aromatic rings. The predicted octanol–water partition coefficient (Wildman–Crippen LogP) is 37.8. The van der Waals surface area contributed by atoms with Gasteiger partial charge in [-0.25, -0.2) is 4.39 Å². The number of ether oxygens (including phenoxy) is 1. The Kier molecular flexibility index (Phi) is 47.3. The molecular formula is C123H176Cl3FO2. The standard InChI is InChI=1S/2C12H18O.C12H18.2C11H15Cl.C11H15F.4C11H16.C10H13Cl/c1-9-6-7-10(12(2,3)4)8-11(9)13-5;1-9-5-6-10(8-13)11(7-9)12(2,3)4;1-9-6-7-11(8-10(9)2)12(3,4)5;1-8-5-6-9(7-10(8)12)11(2,3)4;2*1-8-5-6-10(12)9(7-8)11(2,3)4;2*1-9-5-7-10(8-6-9)11(2,3)4;1-9-6-5-7-10(8-9)11(2,3)4;1-9-7-5-6-8-10(9)11(2,3)4;1-10(2,3)8-6-4-5-7-9(8)11/h6-8H,1-5H3;5-7,13H,8H2,1-4H3;6-8H,1-5H3;3*5-7H,1-4H3;4*5-8H,1-4H3;4-7H,1-3H3. The van der Waals surface area contributed by atoms with Crippen LogP contribution in [0.5, 0.6) is 5.75 Å². The molecule has 11 aromatic carbocycles. The molecule has 0 spiro atoms. The average Bonchev–Trinajstić information content (AvgIpc) is 0.819. The fourth-order valence-electron chi connectivity index (χ4n) is 13.2. The number of hydrogen-bond donors (Lipinski definition) is 1. The molecule has 0 aliphatic carbocycles. The molecule has 1 N–H and O–H groups in total. The van der Waals surface area contributed by atoms with Crippen molar-refractivity contribution in [3.8, 4) is 5.75 Å². The molecule has 0 amide bonds. The van der Waals surface area contributed by atoms with Gasteiger partial charge in [-0.2, -0.15) is 0 Å². The van der Waals surface area contributed by atoms with Crippen LogP contribution in [-0.4, -0.2) is 12.2 Å². The van der Waals surface area contributed by atoms with Gasteiger partial charge in [0.05, 0.1) is 13.7 Å². The van der Waals surface area contributed by atoms with Crippen LogP contribution in [0.3, 0.4) is 0 Å². The van der Waals surface area contributed by atoms with Crippen molar-refractivity contribution in [3.05, 3.63) is 379 Å². The van der Waals surface area contributed by atoms with Crippen molar-refractivity contribution in [3.63, 3.8) is 0 Å². The largest absolute Gasteiger partial charge is 0.496 e. The van der Waals surface area contributed by atoms with Gasteiger partial charge in [-0.1, -0.05) is 497 Å². The highest BCUT2D eigenvalue weighted by atomic mass is 35.5. The lowest BCUT2D eigenvalue weighted by Crippen LogP contribution is -2.14. The molecule has 11 rings (SSSR count). The zero-order valence-electron chi connectivity index (χ0n) is 89.5. The van der Waals surface area contributed by atoms with E-state index in [1.54, 1.807) is 13.2 Å². The van der Waals surface area contributed by atoms with Crippen molar-refractivity contribution >= 4 is 34.8 Å². The first-order valence-electron chi connectivity index (χ1n) is 46.3. The van der Waals surface area contributed by atoms with Crippen LogP contribution >= 0.6 is 34.8 Å². The average molecular weight is 1810 g/mol. The van der Waals surface area contributed by atoms with E-state index in [1.807, 2.05) is 83.1 Å². The van der Waals surface area contributed by atoms with Gasteiger partial charge in [0.2, 0.25) is 0 Å².